The number of unbranched alkanes of at least 4 members (excludes halogenated alkanes) is 25. The molecule has 8 nitrogen and oxygen atoms in total. The Hall–Kier alpha value is -1.21. The third-order valence-electron chi connectivity index (χ3n) is 8.78. The number of carbonyl (C=O) groups is 2. The summed E-state index contributed by atoms with van der Waals surface area (Å²) in [4.78, 5) is 42.7. The zero-order valence-electron chi connectivity index (χ0n) is 31.2. The normalized spacial score (nSPS) is 12.5. The van der Waals surface area contributed by atoms with E-state index >= 15 is 0 Å². The van der Waals surface area contributed by atoms with Gasteiger partial charge in [-0.05, 0) is 38.5 Å². The van der Waals surface area contributed by atoms with E-state index in [0.717, 1.165) is 51.4 Å². The van der Waals surface area contributed by atoms with E-state index in [-0.39, 0.29) is 19.4 Å². The summed E-state index contributed by atoms with van der Waals surface area (Å²) in [5.41, 5.74) is 0. The van der Waals surface area contributed by atoms with Crippen molar-refractivity contribution in [1.29, 1.82) is 0 Å². The minimum Gasteiger partial charge on any atom is -0.462 e. The number of hydrogen-bond acceptors (Lipinski definition) is 6. The first-order valence-electron chi connectivity index (χ1n) is 20.0. The van der Waals surface area contributed by atoms with Gasteiger partial charge in [-0.3, -0.25) is 14.1 Å². The Kier molecular flexibility index (Phi) is 34.7. The van der Waals surface area contributed by atoms with Gasteiger partial charge < -0.3 is 19.3 Å². The van der Waals surface area contributed by atoms with Gasteiger partial charge in [-0.2, -0.15) is 0 Å². The van der Waals surface area contributed by atoms with Gasteiger partial charge in [-0.25, -0.2) is 4.57 Å². The lowest BCUT2D eigenvalue weighted by Crippen LogP contribution is -2.29. The Labute approximate surface area is 295 Å². The molecule has 0 aliphatic heterocycles. The molecule has 9 heteroatoms. The van der Waals surface area contributed by atoms with E-state index in [1.165, 1.54) is 116 Å². The second kappa shape index (κ2) is 35.6. The van der Waals surface area contributed by atoms with Crippen LogP contribution in [0.5, 0.6) is 0 Å². The summed E-state index contributed by atoms with van der Waals surface area (Å²) in [5, 5.41) is 0. The molecule has 0 rings (SSSR count). The fourth-order valence-corrected chi connectivity index (χ4v) is 6.14. The number of hydrogen-bond donors (Lipinski definition) is 2. The molecule has 0 radical (unpaired) electrons. The summed E-state index contributed by atoms with van der Waals surface area (Å²) >= 11 is 0. The van der Waals surface area contributed by atoms with E-state index in [1.54, 1.807) is 0 Å². The number of phosphoric ester groups is 1. The minimum atomic E-state index is -4.75. The van der Waals surface area contributed by atoms with Crippen molar-refractivity contribution in [2.24, 2.45) is 0 Å². The maximum Gasteiger partial charge on any atom is 0.469 e. The van der Waals surface area contributed by atoms with Gasteiger partial charge in [0.25, 0.3) is 0 Å². The molecule has 0 aliphatic carbocycles. The van der Waals surface area contributed by atoms with Crippen molar-refractivity contribution in [3.05, 3.63) is 12.2 Å². The summed E-state index contributed by atoms with van der Waals surface area (Å²) in [6, 6.07) is 0. The molecule has 0 heterocycles. The Bertz CT molecular complexity index is 797. The number of carbonyl (C=O) groups excluding carboxylic acids is 2. The van der Waals surface area contributed by atoms with Crippen LogP contribution in [-0.4, -0.2) is 41.0 Å². The van der Waals surface area contributed by atoms with Crippen LogP contribution in [0.2, 0.25) is 0 Å². The molecule has 0 saturated heterocycles. The van der Waals surface area contributed by atoms with E-state index < -0.39 is 32.5 Å². The van der Waals surface area contributed by atoms with Gasteiger partial charge >= 0.3 is 19.8 Å². The van der Waals surface area contributed by atoms with Gasteiger partial charge in [0.15, 0.2) is 6.10 Å². The Morgan fingerprint density at radius 3 is 1.31 bits per heavy atom. The molecule has 0 aromatic heterocycles. The maximum absolute atomic E-state index is 12.4. The number of allylic oxidation sites excluding steroid dienone is 2. The second-order valence-electron chi connectivity index (χ2n) is 13.6. The Balaban J connectivity index is 3.89. The summed E-state index contributed by atoms with van der Waals surface area (Å²) in [6.45, 7) is 3.67. The molecule has 0 fully saturated rings. The minimum absolute atomic E-state index is 0.216. The van der Waals surface area contributed by atoms with Crippen molar-refractivity contribution in [3.63, 3.8) is 0 Å². The number of phosphoric acid groups is 1. The molecular formula is C39H75O8P. The molecule has 48 heavy (non-hydrogen) atoms. The molecule has 0 spiro atoms. The monoisotopic (exact) mass is 703 g/mol. The van der Waals surface area contributed by atoms with Crippen molar-refractivity contribution in [1.82, 2.24) is 0 Å². The quantitative estimate of drug-likeness (QED) is 0.0284. The third kappa shape index (κ3) is 37.6. The Morgan fingerprint density at radius 1 is 0.521 bits per heavy atom. The van der Waals surface area contributed by atoms with Crippen LogP contribution in [0.15, 0.2) is 12.2 Å². The average molecular weight is 703 g/mol. The van der Waals surface area contributed by atoms with E-state index in [4.69, 9.17) is 19.3 Å². The van der Waals surface area contributed by atoms with E-state index in [0.29, 0.717) is 12.8 Å². The van der Waals surface area contributed by atoms with Crippen LogP contribution in [0, 0.1) is 0 Å². The van der Waals surface area contributed by atoms with Crippen molar-refractivity contribution in [2.75, 3.05) is 13.2 Å². The summed E-state index contributed by atoms with van der Waals surface area (Å²) in [5.74, 6) is -0.886. The summed E-state index contributed by atoms with van der Waals surface area (Å²) in [7, 11) is -4.75. The largest absolute Gasteiger partial charge is 0.469 e. The highest BCUT2D eigenvalue weighted by Crippen LogP contribution is 2.36. The fraction of sp³-hybridized carbons (Fsp3) is 0.897. The van der Waals surface area contributed by atoms with Gasteiger partial charge in [-0.1, -0.05) is 167 Å². The maximum atomic E-state index is 12.4. The topological polar surface area (TPSA) is 119 Å². The van der Waals surface area contributed by atoms with Crippen LogP contribution in [0.4, 0.5) is 0 Å². The van der Waals surface area contributed by atoms with Crippen LogP contribution in [0.25, 0.3) is 0 Å². The average Bonchev–Trinajstić information content (AvgIpc) is 3.05. The highest BCUT2D eigenvalue weighted by Gasteiger charge is 2.22. The highest BCUT2D eigenvalue weighted by atomic mass is 31.2. The van der Waals surface area contributed by atoms with Crippen LogP contribution in [0.3, 0.4) is 0 Å². The lowest BCUT2D eigenvalue weighted by Gasteiger charge is -2.18. The Morgan fingerprint density at radius 2 is 0.875 bits per heavy atom. The van der Waals surface area contributed by atoms with Crippen LogP contribution in [0.1, 0.15) is 206 Å². The van der Waals surface area contributed by atoms with Crippen molar-refractivity contribution in [3.8, 4) is 0 Å². The van der Waals surface area contributed by atoms with Gasteiger partial charge in [0.1, 0.15) is 6.61 Å². The van der Waals surface area contributed by atoms with Crippen molar-refractivity contribution < 1.29 is 37.9 Å². The zero-order chi connectivity index (χ0) is 35.4. The lowest BCUT2D eigenvalue weighted by atomic mass is 10.0. The first kappa shape index (κ1) is 46.8. The molecular weight excluding hydrogens is 627 g/mol. The summed E-state index contributed by atoms with van der Waals surface area (Å²) < 4.78 is 26.3. The van der Waals surface area contributed by atoms with E-state index in [2.05, 4.69) is 30.5 Å². The predicted molar refractivity (Wildman–Crippen MR) is 198 cm³/mol. The van der Waals surface area contributed by atoms with E-state index in [1.807, 2.05) is 0 Å². The van der Waals surface area contributed by atoms with Gasteiger partial charge in [0.2, 0.25) is 0 Å². The number of rotatable bonds is 37. The third-order valence-corrected chi connectivity index (χ3v) is 9.27. The summed E-state index contributed by atoms with van der Waals surface area (Å²) in [6.07, 6.45) is 37.9. The molecule has 284 valence electrons. The lowest BCUT2D eigenvalue weighted by molar-refractivity contribution is -0.161. The predicted octanol–water partition coefficient (Wildman–Crippen LogP) is 11.8. The highest BCUT2D eigenvalue weighted by molar-refractivity contribution is 7.46. The molecule has 1 atom stereocenters. The molecule has 0 aliphatic rings. The van der Waals surface area contributed by atoms with Gasteiger partial charge in [0.05, 0.1) is 6.61 Å². The molecule has 0 aromatic rings. The van der Waals surface area contributed by atoms with Gasteiger partial charge in [-0.15, -0.1) is 0 Å². The van der Waals surface area contributed by atoms with Crippen LogP contribution >= 0.6 is 7.82 Å². The van der Waals surface area contributed by atoms with Crippen molar-refractivity contribution >= 4 is 19.8 Å². The standard InChI is InChI=1S/C39H75O8P/c1-3-5-7-9-11-13-15-17-18-19-20-21-22-24-26-28-30-32-34-39(41)47-37(36-46-48(42,43)44)35-45-38(40)33-31-29-27-25-23-16-14-12-10-8-6-4-2/h12,14,37H,3-11,13,15-36H2,1-2H3,(H2,42,43,44)/b14-12+/t37-/m1/s1. The molecule has 0 bridgehead atoms. The molecule has 0 unspecified atom stereocenters. The molecule has 2 N–H and O–H groups in total. The van der Waals surface area contributed by atoms with Gasteiger partial charge in [0, 0.05) is 12.8 Å². The van der Waals surface area contributed by atoms with Crippen molar-refractivity contribution in [2.45, 2.75) is 213 Å². The van der Waals surface area contributed by atoms with Crippen LogP contribution in [-0.2, 0) is 28.2 Å². The first-order valence-corrected chi connectivity index (χ1v) is 21.5. The zero-order valence-corrected chi connectivity index (χ0v) is 32.0. The smallest absolute Gasteiger partial charge is 0.462 e. The first-order chi connectivity index (χ1) is 23.3. The fourth-order valence-electron chi connectivity index (χ4n) is 5.78. The SMILES string of the molecule is CCCCC/C=C/CCCCCCCC(=O)OC[C@H](COP(=O)(O)O)OC(=O)CCCCCCCCCCCCCCCCCCCC. The van der Waals surface area contributed by atoms with Crippen LogP contribution < -0.4 is 0 Å². The number of ether oxygens (including phenoxy) is 2. The molecule has 0 amide bonds. The second-order valence-corrected chi connectivity index (χ2v) is 14.9. The molecule has 0 saturated carbocycles. The number of esters is 2. The van der Waals surface area contributed by atoms with E-state index in [9.17, 15) is 14.2 Å². The molecule has 0 aromatic carbocycles.